The maximum absolute atomic E-state index is 12.4. The summed E-state index contributed by atoms with van der Waals surface area (Å²) in [5.74, 6) is 0.853. The van der Waals surface area contributed by atoms with Gasteiger partial charge in [-0.05, 0) is 55.3 Å². The lowest BCUT2D eigenvalue weighted by Crippen LogP contribution is -2.30. The van der Waals surface area contributed by atoms with E-state index in [4.69, 9.17) is 11.6 Å². The van der Waals surface area contributed by atoms with E-state index in [9.17, 15) is 4.79 Å². The standard InChI is InChI=1S/C19H22ClN3OS/c1-25-15-6-7-17(20)16(11-15)19(24)22-13-14-5-8-18(21-12-14)23-9-3-2-4-10-23/h5-8,11-12H,2-4,9-10,13H2,1H3,(H,22,24). The van der Waals surface area contributed by atoms with Crippen LogP contribution in [0.5, 0.6) is 0 Å². The maximum atomic E-state index is 12.4. The molecule has 0 radical (unpaired) electrons. The quantitative estimate of drug-likeness (QED) is 0.788. The van der Waals surface area contributed by atoms with Crippen LogP contribution in [0.3, 0.4) is 0 Å². The number of carbonyl (C=O) groups excluding carboxylic acids is 1. The largest absolute Gasteiger partial charge is 0.357 e. The maximum Gasteiger partial charge on any atom is 0.253 e. The Morgan fingerprint density at radius 3 is 2.72 bits per heavy atom. The van der Waals surface area contributed by atoms with Crippen LogP contribution in [0.1, 0.15) is 35.2 Å². The highest BCUT2D eigenvalue weighted by Crippen LogP contribution is 2.23. The molecule has 0 unspecified atom stereocenters. The number of anilines is 1. The van der Waals surface area contributed by atoms with E-state index in [1.54, 1.807) is 17.8 Å². The van der Waals surface area contributed by atoms with E-state index < -0.39 is 0 Å². The lowest BCUT2D eigenvalue weighted by atomic mass is 10.1. The van der Waals surface area contributed by atoms with Crippen LogP contribution in [0.4, 0.5) is 5.82 Å². The highest BCUT2D eigenvalue weighted by atomic mass is 35.5. The fraction of sp³-hybridized carbons (Fsp3) is 0.368. The van der Waals surface area contributed by atoms with Crippen LogP contribution in [-0.2, 0) is 6.54 Å². The lowest BCUT2D eigenvalue weighted by molar-refractivity contribution is 0.0951. The molecule has 6 heteroatoms. The van der Waals surface area contributed by atoms with Crippen molar-refractivity contribution in [1.29, 1.82) is 0 Å². The zero-order chi connectivity index (χ0) is 17.6. The molecule has 1 aromatic carbocycles. The monoisotopic (exact) mass is 375 g/mol. The molecule has 4 nitrogen and oxygen atoms in total. The first kappa shape index (κ1) is 18.1. The first-order valence-electron chi connectivity index (χ1n) is 8.49. The number of nitrogens with one attached hydrogen (secondary N) is 1. The van der Waals surface area contributed by atoms with Gasteiger partial charge >= 0.3 is 0 Å². The summed E-state index contributed by atoms with van der Waals surface area (Å²) < 4.78 is 0. The van der Waals surface area contributed by atoms with Crippen LogP contribution in [0, 0.1) is 0 Å². The van der Waals surface area contributed by atoms with Crippen molar-refractivity contribution in [3.05, 3.63) is 52.7 Å². The normalized spacial score (nSPS) is 14.4. The van der Waals surface area contributed by atoms with E-state index >= 15 is 0 Å². The Kier molecular flexibility index (Phi) is 6.21. The highest BCUT2D eigenvalue weighted by molar-refractivity contribution is 7.98. The number of rotatable bonds is 5. The summed E-state index contributed by atoms with van der Waals surface area (Å²) in [4.78, 5) is 20.3. The number of pyridine rings is 1. The van der Waals surface area contributed by atoms with Gasteiger partial charge in [-0.3, -0.25) is 4.79 Å². The molecule has 132 valence electrons. The second kappa shape index (κ2) is 8.59. The van der Waals surface area contributed by atoms with Crippen LogP contribution in [0.2, 0.25) is 5.02 Å². The Labute approximate surface area is 158 Å². The van der Waals surface area contributed by atoms with E-state index in [1.165, 1.54) is 19.3 Å². The SMILES string of the molecule is CSc1ccc(Cl)c(C(=O)NCc2ccc(N3CCCCC3)nc2)c1. The van der Waals surface area contributed by atoms with Gasteiger partial charge in [0.25, 0.3) is 5.91 Å². The fourth-order valence-corrected chi connectivity index (χ4v) is 3.56. The zero-order valence-electron chi connectivity index (χ0n) is 14.3. The molecule has 2 aromatic rings. The van der Waals surface area contributed by atoms with Gasteiger partial charge in [0.15, 0.2) is 0 Å². The molecule has 1 fully saturated rings. The summed E-state index contributed by atoms with van der Waals surface area (Å²) in [5, 5.41) is 3.39. The number of amides is 1. The minimum Gasteiger partial charge on any atom is -0.357 e. The minimum absolute atomic E-state index is 0.166. The smallest absolute Gasteiger partial charge is 0.253 e. The van der Waals surface area contributed by atoms with Crippen molar-refractivity contribution in [2.45, 2.75) is 30.7 Å². The molecule has 1 amide bonds. The molecule has 2 heterocycles. The molecule has 0 bridgehead atoms. The van der Waals surface area contributed by atoms with Gasteiger partial charge in [0.05, 0.1) is 10.6 Å². The van der Waals surface area contributed by atoms with Crippen LogP contribution in [0.15, 0.2) is 41.4 Å². The van der Waals surface area contributed by atoms with Gasteiger partial charge in [0, 0.05) is 30.7 Å². The van der Waals surface area contributed by atoms with Crippen LogP contribution in [0.25, 0.3) is 0 Å². The third kappa shape index (κ3) is 4.67. The zero-order valence-corrected chi connectivity index (χ0v) is 15.9. The third-order valence-corrected chi connectivity index (χ3v) is 5.42. The van der Waals surface area contributed by atoms with Crippen molar-refractivity contribution in [1.82, 2.24) is 10.3 Å². The fourth-order valence-electron chi connectivity index (χ4n) is 2.91. The van der Waals surface area contributed by atoms with E-state index in [1.807, 2.05) is 36.7 Å². The van der Waals surface area contributed by atoms with Crippen molar-refractivity contribution < 1.29 is 4.79 Å². The van der Waals surface area contributed by atoms with E-state index in [0.717, 1.165) is 29.4 Å². The molecule has 3 rings (SSSR count). The molecular weight excluding hydrogens is 354 g/mol. The molecule has 0 aliphatic carbocycles. The van der Waals surface area contributed by atoms with Gasteiger partial charge in [0.2, 0.25) is 0 Å². The van der Waals surface area contributed by atoms with Crippen molar-refractivity contribution >= 4 is 35.1 Å². The number of benzene rings is 1. The van der Waals surface area contributed by atoms with Gasteiger partial charge in [-0.2, -0.15) is 0 Å². The van der Waals surface area contributed by atoms with Gasteiger partial charge in [-0.25, -0.2) is 4.98 Å². The molecule has 0 atom stereocenters. The Balaban J connectivity index is 1.60. The first-order chi connectivity index (χ1) is 12.2. The Morgan fingerprint density at radius 1 is 1.24 bits per heavy atom. The summed E-state index contributed by atoms with van der Waals surface area (Å²) in [5.41, 5.74) is 1.48. The summed E-state index contributed by atoms with van der Waals surface area (Å²) >= 11 is 7.73. The molecule has 1 aliphatic rings. The number of carbonyl (C=O) groups is 1. The molecule has 1 N–H and O–H groups in total. The number of thioether (sulfide) groups is 1. The highest BCUT2D eigenvalue weighted by Gasteiger charge is 2.13. The van der Waals surface area contributed by atoms with Gasteiger partial charge < -0.3 is 10.2 Å². The Hall–Kier alpha value is -1.72. The van der Waals surface area contributed by atoms with Gasteiger partial charge in [0.1, 0.15) is 5.82 Å². The molecule has 1 saturated heterocycles. The van der Waals surface area contributed by atoms with Crippen LogP contribution < -0.4 is 10.2 Å². The van der Waals surface area contributed by atoms with E-state index in [-0.39, 0.29) is 5.91 Å². The molecule has 0 saturated carbocycles. The van der Waals surface area contributed by atoms with E-state index in [0.29, 0.717) is 17.1 Å². The number of aromatic nitrogens is 1. The predicted octanol–water partition coefficient (Wildman–Crippen LogP) is 4.38. The minimum atomic E-state index is -0.166. The van der Waals surface area contributed by atoms with Crippen molar-refractivity contribution in [3.63, 3.8) is 0 Å². The summed E-state index contributed by atoms with van der Waals surface area (Å²) in [7, 11) is 0. The Bertz CT molecular complexity index is 730. The second-order valence-corrected chi connectivity index (χ2v) is 7.39. The van der Waals surface area contributed by atoms with E-state index in [2.05, 4.69) is 15.2 Å². The number of hydrogen-bond acceptors (Lipinski definition) is 4. The summed E-state index contributed by atoms with van der Waals surface area (Å²) in [6.07, 6.45) is 7.58. The van der Waals surface area contributed by atoms with Gasteiger partial charge in [-0.15, -0.1) is 11.8 Å². The summed E-state index contributed by atoms with van der Waals surface area (Å²) in [6, 6.07) is 9.55. The number of piperidine rings is 1. The first-order valence-corrected chi connectivity index (χ1v) is 10.1. The molecule has 0 spiro atoms. The summed E-state index contributed by atoms with van der Waals surface area (Å²) in [6.45, 7) is 2.59. The van der Waals surface area contributed by atoms with Crippen molar-refractivity contribution in [2.75, 3.05) is 24.2 Å². The topological polar surface area (TPSA) is 45.2 Å². The number of hydrogen-bond donors (Lipinski definition) is 1. The van der Waals surface area contributed by atoms with Crippen LogP contribution >= 0.6 is 23.4 Å². The average Bonchev–Trinajstić information content (AvgIpc) is 2.67. The number of nitrogens with zero attached hydrogens (tertiary/aromatic N) is 2. The van der Waals surface area contributed by atoms with Crippen LogP contribution in [-0.4, -0.2) is 30.2 Å². The van der Waals surface area contributed by atoms with Gasteiger partial charge in [-0.1, -0.05) is 17.7 Å². The molecular formula is C19H22ClN3OS. The lowest BCUT2D eigenvalue weighted by Gasteiger charge is -2.27. The van der Waals surface area contributed by atoms with Crippen molar-refractivity contribution in [3.8, 4) is 0 Å². The molecule has 1 aliphatic heterocycles. The van der Waals surface area contributed by atoms with Crippen molar-refractivity contribution in [2.24, 2.45) is 0 Å². The second-order valence-electron chi connectivity index (χ2n) is 6.10. The third-order valence-electron chi connectivity index (χ3n) is 4.36. The average molecular weight is 376 g/mol. The molecule has 1 aromatic heterocycles. The number of halogens is 1. The predicted molar refractivity (Wildman–Crippen MR) is 105 cm³/mol. The molecule has 25 heavy (non-hydrogen) atoms. The Morgan fingerprint density at radius 2 is 2.04 bits per heavy atom.